The molecule has 0 unspecified atom stereocenters. The summed E-state index contributed by atoms with van der Waals surface area (Å²) in [7, 11) is 0. The van der Waals surface area contributed by atoms with Crippen molar-refractivity contribution in [3.63, 3.8) is 0 Å². The molecule has 4 rings (SSSR count). The Bertz CT molecular complexity index is 1150. The van der Waals surface area contributed by atoms with E-state index in [1.54, 1.807) is 12.1 Å². The molecule has 4 aromatic rings. The van der Waals surface area contributed by atoms with Gasteiger partial charge < -0.3 is 0 Å². The number of thiazole rings is 1. The van der Waals surface area contributed by atoms with Gasteiger partial charge in [0.05, 0.1) is 4.53 Å². The van der Waals surface area contributed by atoms with Crippen LogP contribution in [0, 0.1) is 5.82 Å². The molecule has 0 radical (unpaired) electrons. The Labute approximate surface area is 148 Å². The van der Waals surface area contributed by atoms with E-state index in [1.807, 2.05) is 30.3 Å². The van der Waals surface area contributed by atoms with Gasteiger partial charge in [-0.15, -0.1) is 5.10 Å². The average molecular weight is 402 g/mol. The monoisotopic (exact) mass is 401 g/mol. The first kappa shape index (κ1) is 15.2. The molecule has 0 saturated heterocycles. The van der Waals surface area contributed by atoms with Gasteiger partial charge in [-0.05, 0) is 48.0 Å². The fourth-order valence-corrected chi connectivity index (χ4v) is 3.63. The summed E-state index contributed by atoms with van der Waals surface area (Å²) >= 11 is 4.69. The second kappa shape index (κ2) is 5.92. The van der Waals surface area contributed by atoms with E-state index in [0.29, 0.717) is 20.9 Å². The molecule has 0 saturated carbocycles. The minimum atomic E-state index is -0.324. The van der Waals surface area contributed by atoms with Crippen molar-refractivity contribution in [3.05, 3.63) is 79.3 Å². The maximum Gasteiger partial charge on any atom is 0.291 e. The minimum absolute atomic E-state index is 0.212. The van der Waals surface area contributed by atoms with Crippen molar-refractivity contribution in [2.75, 3.05) is 0 Å². The number of hydrogen-bond donors (Lipinski definition) is 0. The third-order valence-electron chi connectivity index (χ3n) is 3.43. The largest absolute Gasteiger partial charge is 0.291 e. The Morgan fingerprint density at radius 2 is 1.96 bits per heavy atom. The van der Waals surface area contributed by atoms with Gasteiger partial charge in [0.15, 0.2) is 5.82 Å². The summed E-state index contributed by atoms with van der Waals surface area (Å²) in [5.74, 6) is 0.0857. The standard InChI is InChI=1S/C17H9BrFN3OS/c18-12-3-1-2-10(8-12)9-14-16(23)22-17(24-14)20-15(21-22)11-4-6-13(19)7-5-11/h1-9H/b14-9-. The SMILES string of the molecule is O=c1/c(=C/c2cccc(Br)c2)sc2nc(-c3ccc(F)cc3)nn12. The van der Waals surface area contributed by atoms with Crippen molar-refractivity contribution >= 4 is 38.3 Å². The van der Waals surface area contributed by atoms with Crippen LogP contribution in [0.3, 0.4) is 0 Å². The van der Waals surface area contributed by atoms with Gasteiger partial charge in [-0.3, -0.25) is 4.79 Å². The van der Waals surface area contributed by atoms with Gasteiger partial charge in [-0.2, -0.15) is 9.50 Å². The lowest BCUT2D eigenvalue weighted by atomic mass is 10.2. The molecule has 0 fully saturated rings. The second-order valence-corrected chi connectivity index (χ2v) is 7.03. The zero-order chi connectivity index (χ0) is 16.7. The fraction of sp³-hybridized carbons (Fsp3) is 0. The Morgan fingerprint density at radius 3 is 2.67 bits per heavy atom. The summed E-state index contributed by atoms with van der Waals surface area (Å²) < 4.78 is 15.8. The number of fused-ring (bicyclic) bond motifs is 1. The lowest BCUT2D eigenvalue weighted by molar-refractivity contribution is 0.628. The highest BCUT2D eigenvalue weighted by Crippen LogP contribution is 2.17. The summed E-state index contributed by atoms with van der Waals surface area (Å²) in [5, 5.41) is 4.24. The molecular weight excluding hydrogens is 393 g/mol. The third-order valence-corrected chi connectivity index (χ3v) is 4.88. The van der Waals surface area contributed by atoms with Gasteiger partial charge >= 0.3 is 0 Å². The molecule has 118 valence electrons. The van der Waals surface area contributed by atoms with Crippen molar-refractivity contribution in [2.45, 2.75) is 0 Å². The highest BCUT2D eigenvalue weighted by Gasteiger charge is 2.12. The maximum absolute atomic E-state index is 13.0. The summed E-state index contributed by atoms with van der Waals surface area (Å²) in [4.78, 5) is 17.4. The third kappa shape index (κ3) is 2.76. The van der Waals surface area contributed by atoms with Crippen molar-refractivity contribution in [1.82, 2.24) is 14.6 Å². The molecule has 0 aliphatic heterocycles. The first-order valence-electron chi connectivity index (χ1n) is 7.03. The number of halogens is 2. The van der Waals surface area contributed by atoms with Gasteiger partial charge in [-0.1, -0.05) is 39.4 Å². The van der Waals surface area contributed by atoms with Crippen LogP contribution in [0.2, 0.25) is 0 Å². The van der Waals surface area contributed by atoms with Gasteiger partial charge in [0.1, 0.15) is 5.82 Å². The zero-order valence-electron chi connectivity index (χ0n) is 12.1. The molecule has 4 nitrogen and oxygen atoms in total. The van der Waals surface area contributed by atoms with E-state index in [-0.39, 0.29) is 11.4 Å². The molecule has 24 heavy (non-hydrogen) atoms. The van der Waals surface area contributed by atoms with Crippen molar-refractivity contribution in [1.29, 1.82) is 0 Å². The summed E-state index contributed by atoms with van der Waals surface area (Å²) in [6.07, 6.45) is 1.81. The van der Waals surface area contributed by atoms with Crippen LogP contribution in [-0.4, -0.2) is 14.6 Å². The highest BCUT2D eigenvalue weighted by atomic mass is 79.9. The topological polar surface area (TPSA) is 47.3 Å². The Balaban J connectivity index is 1.81. The first-order chi connectivity index (χ1) is 11.6. The van der Waals surface area contributed by atoms with Crippen molar-refractivity contribution < 1.29 is 4.39 Å². The molecule has 0 aliphatic carbocycles. The quantitative estimate of drug-likeness (QED) is 0.517. The molecule has 0 N–H and O–H groups in total. The van der Waals surface area contributed by atoms with Crippen LogP contribution in [0.25, 0.3) is 22.4 Å². The van der Waals surface area contributed by atoms with Crippen LogP contribution in [0.5, 0.6) is 0 Å². The number of hydrogen-bond acceptors (Lipinski definition) is 4. The Kier molecular flexibility index (Phi) is 3.74. The maximum atomic E-state index is 13.0. The molecule has 0 aliphatic rings. The molecule has 0 amide bonds. The van der Waals surface area contributed by atoms with Crippen LogP contribution in [0.1, 0.15) is 5.56 Å². The van der Waals surface area contributed by atoms with Crippen molar-refractivity contribution in [2.24, 2.45) is 0 Å². The molecular formula is C17H9BrFN3OS. The minimum Gasteiger partial charge on any atom is -0.266 e. The van der Waals surface area contributed by atoms with E-state index in [0.717, 1.165) is 10.0 Å². The number of nitrogens with zero attached hydrogens (tertiary/aromatic N) is 3. The van der Waals surface area contributed by atoms with E-state index in [2.05, 4.69) is 26.0 Å². The Morgan fingerprint density at radius 1 is 1.17 bits per heavy atom. The van der Waals surface area contributed by atoms with E-state index >= 15 is 0 Å². The summed E-state index contributed by atoms with van der Waals surface area (Å²) in [6.45, 7) is 0. The molecule has 0 atom stereocenters. The second-order valence-electron chi connectivity index (χ2n) is 5.11. The van der Waals surface area contributed by atoms with Gasteiger partial charge in [0.2, 0.25) is 4.96 Å². The van der Waals surface area contributed by atoms with Gasteiger partial charge in [-0.25, -0.2) is 4.39 Å². The van der Waals surface area contributed by atoms with Crippen LogP contribution >= 0.6 is 27.3 Å². The Hall–Kier alpha value is -2.38. The molecule has 2 heterocycles. The smallest absolute Gasteiger partial charge is 0.266 e. The zero-order valence-corrected chi connectivity index (χ0v) is 14.5. The van der Waals surface area contributed by atoms with E-state index in [4.69, 9.17) is 0 Å². The highest BCUT2D eigenvalue weighted by molar-refractivity contribution is 9.10. The summed E-state index contributed by atoms with van der Waals surface area (Å²) in [6, 6.07) is 13.5. The number of aromatic nitrogens is 3. The van der Waals surface area contributed by atoms with Gasteiger partial charge in [0.25, 0.3) is 5.56 Å². The van der Waals surface area contributed by atoms with Crippen LogP contribution in [-0.2, 0) is 0 Å². The van der Waals surface area contributed by atoms with E-state index in [9.17, 15) is 9.18 Å². The lowest BCUT2D eigenvalue weighted by Crippen LogP contribution is -2.23. The molecule has 7 heteroatoms. The van der Waals surface area contributed by atoms with Gasteiger partial charge in [0, 0.05) is 10.0 Å². The number of benzene rings is 2. The molecule has 0 bridgehead atoms. The average Bonchev–Trinajstić information content (AvgIpc) is 3.09. The van der Waals surface area contributed by atoms with E-state index < -0.39 is 0 Å². The fourth-order valence-electron chi connectivity index (χ4n) is 2.30. The predicted molar refractivity (Wildman–Crippen MR) is 95.5 cm³/mol. The number of rotatable bonds is 2. The van der Waals surface area contributed by atoms with Crippen LogP contribution < -0.4 is 10.1 Å². The molecule has 0 spiro atoms. The van der Waals surface area contributed by atoms with Crippen LogP contribution in [0.4, 0.5) is 4.39 Å². The van der Waals surface area contributed by atoms with Crippen LogP contribution in [0.15, 0.2) is 57.8 Å². The predicted octanol–water partition coefficient (Wildman–Crippen LogP) is 3.27. The first-order valence-corrected chi connectivity index (χ1v) is 8.64. The lowest BCUT2D eigenvalue weighted by Gasteiger charge is -1.93. The van der Waals surface area contributed by atoms with E-state index in [1.165, 1.54) is 28.0 Å². The molecule has 2 aromatic carbocycles. The van der Waals surface area contributed by atoms with Crippen molar-refractivity contribution in [3.8, 4) is 11.4 Å². The normalized spacial score (nSPS) is 12.2. The summed E-state index contributed by atoms with van der Waals surface area (Å²) in [5.41, 5.74) is 1.38. The molecule has 2 aromatic heterocycles.